The minimum atomic E-state index is -3.84. The second kappa shape index (κ2) is 33.0. The van der Waals surface area contributed by atoms with E-state index in [1.165, 1.54) is 0 Å². The fourth-order valence-electron chi connectivity index (χ4n) is 12.9. The summed E-state index contributed by atoms with van der Waals surface area (Å²) < 4.78 is 63.7. The molecule has 18 heteroatoms. The second-order valence-corrected chi connectivity index (χ2v) is 24.4. The van der Waals surface area contributed by atoms with Crippen LogP contribution in [0.25, 0.3) is 0 Å². The number of benzene rings is 6. The molecular formula is C74H86O18. The third kappa shape index (κ3) is 16.3. The van der Waals surface area contributed by atoms with Crippen LogP contribution in [-0.2, 0) is 111 Å². The molecule has 4 fully saturated rings. The van der Waals surface area contributed by atoms with Gasteiger partial charge in [0, 0.05) is 12.8 Å². The van der Waals surface area contributed by atoms with Gasteiger partial charge in [0.05, 0.1) is 77.9 Å². The highest BCUT2D eigenvalue weighted by Crippen LogP contribution is 2.53. The van der Waals surface area contributed by atoms with Crippen molar-refractivity contribution >= 4 is 23.1 Å². The van der Waals surface area contributed by atoms with E-state index in [0.29, 0.717) is 36.8 Å². The Morgan fingerprint density at radius 1 is 0.413 bits per heavy atom. The number of ether oxygens (including phenoxy) is 9. The summed E-state index contributed by atoms with van der Waals surface area (Å²) in [4.78, 5) is 73.5. The molecule has 10 rings (SSSR count). The molecule has 92 heavy (non-hydrogen) atoms. The fraction of sp³-hybridized carbons (Fsp3) is 0.459. The van der Waals surface area contributed by atoms with Gasteiger partial charge in [0.2, 0.25) is 5.78 Å². The molecule has 4 heterocycles. The van der Waals surface area contributed by atoms with Crippen molar-refractivity contribution in [3.8, 4) is 0 Å². The van der Waals surface area contributed by atoms with Crippen LogP contribution in [0.5, 0.6) is 0 Å². The molecule has 0 aromatic heterocycles. The molecule has 0 aliphatic carbocycles. The van der Waals surface area contributed by atoms with Crippen LogP contribution in [0.3, 0.4) is 0 Å². The molecule has 4 saturated heterocycles. The maximum Gasteiger partial charge on any atom is 0.296 e. The van der Waals surface area contributed by atoms with Gasteiger partial charge in [-0.25, -0.2) is 4.89 Å². The van der Waals surface area contributed by atoms with Gasteiger partial charge >= 0.3 is 0 Å². The van der Waals surface area contributed by atoms with Crippen molar-refractivity contribution in [1.29, 1.82) is 0 Å². The SMILES string of the molecule is C[C@@H]1O[C@@H]([C@@]2(O)C3(OCCCCCC(=O)CC(=O)C(O)[C@]2(O)[C@@H]2O[C@@H](C)[C@@H](OCc4ccccc4)[C@@H](OCc4ccccc4)[C@@H]2OCc2ccccc2)OOCCCCCC(=O)CC3=O)[C@@H](OCc2ccccc2)[C@H](OCc2ccccc2)[C@@H]1OCc1ccccc1. The van der Waals surface area contributed by atoms with Crippen LogP contribution < -0.4 is 0 Å². The molecule has 0 amide bonds. The van der Waals surface area contributed by atoms with Gasteiger partial charge in [-0.2, -0.15) is 4.89 Å². The molecule has 2 unspecified atom stereocenters. The first-order valence-electron chi connectivity index (χ1n) is 32.2. The highest BCUT2D eigenvalue weighted by atomic mass is 17.2. The van der Waals surface area contributed by atoms with Crippen LogP contribution in [0.2, 0.25) is 0 Å². The Morgan fingerprint density at radius 2 is 0.750 bits per heavy atom. The van der Waals surface area contributed by atoms with Crippen LogP contribution in [0.4, 0.5) is 0 Å². The van der Waals surface area contributed by atoms with Crippen LogP contribution in [0.15, 0.2) is 182 Å². The summed E-state index contributed by atoms with van der Waals surface area (Å²) in [5, 5.41) is 45.2. The van der Waals surface area contributed by atoms with Crippen molar-refractivity contribution in [2.24, 2.45) is 0 Å². The largest absolute Gasteiger partial charge is 0.382 e. The van der Waals surface area contributed by atoms with E-state index in [1.54, 1.807) is 13.8 Å². The molecule has 3 N–H and O–H groups in total. The second-order valence-electron chi connectivity index (χ2n) is 24.4. The monoisotopic (exact) mass is 1260 g/mol. The smallest absolute Gasteiger partial charge is 0.296 e. The lowest BCUT2D eigenvalue weighted by atomic mass is 9.60. The minimum Gasteiger partial charge on any atom is -0.382 e. The molecule has 0 saturated carbocycles. The number of carbonyl (C=O) groups excluding carboxylic acids is 4. The van der Waals surface area contributed by atoms with Crippen LogP contribution >= 0.6 is 0 Å². The van der Waals surface area contributed by atoms with Crippen molar-refractivity contribution in [2.45, 2.75) is 202 Å². The average molecular weight is 1260 g/mol. The number of carbonyl (C=O) groups is 4. The molecule has 4 aliphatic heterocycles. The van der Waals surface area contributed by atoms with Crippen molar-refractivity contribution in [1.82, 2.24) is 0 Å². The predicted molar refractivity (Wildman–Crippen MR) is 337 cm³/mol. The van der Waals surface area contributed by atoms with Gasteiger partial charge < -0.3 is 58.0 Å². The number of ketones is 4. The normalized spacial score (nSPS) is 30.8. The standard InChI is InChI=1S/C74H86O18/c1-51-63(82-45-53-27-11-3-12-28-53)65(84-47-55-31-15-5-16-32-55)67(86-49-57-35-19-7-20-36-57)70(90-51)72(80)69(79)61(77)43-59(75)39-23-9-25-41-88-74(62(78)44-60(76)40-24-10-26-42-89-92-74)73(72,81)71-68(87-50-58-37-21-8-22-38-58)66(85-48-56-33-17-6-18-34-56)64(52(2)91-71)83-46-54-29-13-4-14-30-54/h3-8,11-22,27-38,51-52,63-71,79-81H,9-10,23-26,39-50H2,1-2H3/t51-,52-,63+,64+,65+,66+,67-,68-,69?,70+,71+,72-,73-,74?/m0/s1. The Bertz CT molecular complexity index is 3240. The Balaban J connectivity index is 1.26. The van der Waals surface area contributed by atoms with Gasteiger partial charge in [0.25, 0.3) is 5.79 Å². The zero-order valence-electron chi connectivity index (χ0n) is 52.4. The van der Waals surface area contributed by atoms with Crippen molar-refractivity contribution in [3.05, 3.63) is 215 Å². The van der Waals surface area contributed by atoms with Crippen molar-refractivity contribution < 1.29 is 86.9 Å². The summed E-state index contributed by atoms with van der Waals surface area (Å²) in [6, 6.07) is 55.5. The van der Waals surface area contributed by atoms with Gasteiger partial charge in [-0.3, -0.25) is 19.2 Å². The molecule has 490 valence electrons. The van der Waals surface area contributed by atoms with E-state index in [9.17, 15) is 14.7 Å². The first-order valence-corrected chi connectivity index (χ1v) is 32.2. The zero-order valence-corrected chi connectivity index (χ0v) is 52.4. The number of Topliss-reactive ketones (excluding diaryl/α,β-unsaturated/α-hetero) is 4. The molecule has 6 aromatic rings. The van der Waals surface area contributed by atoms with E-state index in [0.717, 1.165) is 22.3 Å². The van der Waals surface area contributed by atoms with E-state index in [1.807, 2.05) is 182 Å². The summed E-state index contributed by atoms with van der Waals surface area (Å²) in [5.74, 6) is -7.23. The molecular weight excluding hydrogens is 1180 g/mol. The van der Waals surface area contributed by atoms with E-state index in [2.05, 4.69) is 0 Å². The minimum absolute atomic E-state index is 0.0205. The maximum absolute atomic E-state index is 16.5. The third-order valence-corrected chi connectivity index (χ3v) is 17.8. The molecule has 18 nitrogen and oxygen atoms in total. The number of hydrogen-bond acceptors (Lipinski definition) is 18. The summed E-state index contributed by atoms with van der Waals surface area (Å²) in [5.41, 5.74) is -3.37. The highest BCUT2D eigenvalue weighted by molar-refractivity contribution is 6.04. The first kappa shape index (κ1) is 68.3. The van der Waals surface area contributed by atoms with Gasteiger partial charge in [0.1, 0.15) is 66.5 Å². The van der Waals surface area contributed by atoms with Gasteiger partial charge in [0.15, 0.2) is 17.0 Å². The van der Waals surface area contributed by atoms with E-state index < -0.39 is 127 Å². The molecule has 6 aromatic carbocycles. The molecule has 0 bridgehead atoms. The van der Waals surface area contributed by atoms with Crippen LogP contribution in [0, 0.1) is 0 Å². The molecule has 0 radical (unpaired) electrons. The topological polar surface area (TPSA) is 230 Å². The summed E-state index contributed by atoms with van der Waals surface area (Å²) in [7, 11) is 0. The van der Waals surface area contributed by atoms with E-state index in [4.69, 9.17) is 52.4 Å². The Hall–Kier alpha value is -6.56. The van der Waals surface area contributed by atoms with Crippen LogP contribution in [0.1, 0.15) is 111 Å². The summed E-state index contributed by atoms with van der Waals surface area (Å²) in [6.07, 6.45) is -18.7. The third-order valence-electron chi connectivity index (χ3n) is 17.8. The number of aliphatic hydroxyl groups excluding tert-OH is 1. The Kier molecular flexibility index (Phi) is 24.5. The predicted octanol–water partition coefficient (Wildman–Crippen LogP) is 9.76. The van der Waals surface area contributed by atoms with Crippen molar-refractivity contribution in [2.75, 3.05) is 13.2 Å². The number of aliphatic hydroxyl groups is 3. The lowest BCUT2D eigenvalue weighted by molar-refractivity contribution is -0.489. The van der Waals surface area contributed by atoms with E-state index in [-0.39, 0.29) is 71.9 Å². The lowest BCUT2D eigenvalue weighted by Gasteiger charge is -2.62. The Labute approximate surface area is 538 Å². The van der Waals surface area contributed by atoms with Gasteiger partial charge in [-0.15, -0.1) is 0 Å². The fourth-order valence-corrected chi connectivity index (χ4v) is 12.9. The number of hydrogen-bond donors (Lipinski definition) is 3. The number of rotatable bonds is 20. The zero-order chi connectivity index (χ0) is 64.3. The Morgan fingerprint density at radius 3 is 1.15 bits per heavy atom. The maximum atomic E-state index is 16.5. The highest BCUT2D eigenvalue weighted by Gasteiger charge is 2.81. The quantitative estimate of drug-likeness (QED) is 0.0477. The van der Waals surface area contributed by atoms with Gasteiger partial charge in [-0.05, 0) is 72.9 Å². The van der Waals surface area contributed by atoms with Gasteiger partial charge in [-0.1, -0.05) is 195 Å². The molecule has 4 aliphatic rings. The lowest BCUT2D eigenvalue weighted by Crippen LogP contribution is -2.88. The first-order chi connectivity index (χ1) is 44.8. The molecule has 1 spiro atoms. The summed E-state index contributed by atoms with van der Waals surface area (Å²) in [6.45, 7) is 1.98. The van der Waals surface area contributed by atoms with E-state index >= 15 is 19.8 Å². The van der Waals surface area contributed by atoms with Crippen molar-refractivity contribution in [3.63, 3.8) is 0 Å². The molecule has 14 atom stereocenters. The van der Waals surface area contributed by atoms with Crippen LogP contribution in [-0.4, -0.2) is 136 Å². The average Bonchev–Trinajstić information content (AvgIpc) is 0.714. The summed E-state index contributed by atoms with van der Waals surface area (Å²) >= 11 is 0.